The fourth-order valence-corrected chi connectivity index (χ4v) is 4.61. The van der Waals surface area contributed by atoms with Crippen molar-refractivity contribution in [1.82, 2.24) is 4.57 Å². The average molecular weight is 586 g/mol. The monoisotopic (exact) mass is 584 g/mol. The third-order valence-corrected chi connectivity index (χ3v) is 6.89. The van der Waals surface area contributed by atoms with E-state index in [9.17, 15) is 4.79 Å². The van der Waals surface area contributed by atoms with Gasteiger partial charge in [-0.2, -0.15) is 0 Å². The van der Waals surface area contributed by atoms with Crippen LogP contribution in [0.2, 0.25) is 0 Å². The molecule has 1 aromatic heterocycles. The van der Waals surface area contributed by atoms with Crippen molar-refractivity contribution >= 4 is 43.3 Å². The van der Waals surface area contributed by atoms with Crippen LogP contribution < -0.4 is 5.32 Å². The van der Waals surface area contributed by atoms with Crippen molar-refractivity contribution in [2.24, 2.45) is 0 Å². The number of rotatable bonds is 7. The highest BCUT2D eigenvalue weighted by Crippen LogP contribution is 2.31. The Morgan fingerprint density at radius 3 is 1.89 bits per heavy atom. The van der Waals surface area contributed by atoms with Crippen LogP contribution in [0.15, 0.2) is 130 Å². The van der Waals surface area contributed by atoms with E-state index in [1.165, 1.54) is 0 Å². The summed E-state index contributed by atoms with van der Waals surface area (Å²) in [7, 11) is 0. The molecule has 5 heteroatoms. The molecule has 0 unspecified atom stereocenters. The zero-order valence-corrected chi connectivity index (χ0v) is 21.9. The van der Waals surface area contributed by atoms with Gasteiger partial charge >= 0.3 is 0 Å². The maximum absolute atomic E-state index is 13.6. The van der Waals surface area contributed by atoms with Gasteiger partial charge in [0, 0.05) is 32.1 Å². The Morgan fingerprint density at radius 1 is 0.686 bits per heavy atom. The molecule has 0 fully saturated rings. The van der Waals surface area contributed by atoms with Gasteiger partial charge in [-0.3, -0.25) is 4.79 Å². The van der Waals surface area contributed by atoms with Crippen LogP contribution in [0.4, 0.5) is 5.69 Å². The number of hydrogen-bond acceptors (Lipinski definition) is 2. The summed E-state index contributed by atoms with van der Waals surface area (Å²) in [6, 6.07) is 37.7. The molecule has 3 nitrogen and oxygen atoms in total. The summed E-state index contributed by atoms with van der Waals surface area (Å²) in [5.74, 6) is -0.0183. The Bertz CT molecular complexity index is 1430. The summed E-state index contributed by atoms with van der Waals surface area (Å²) in [5.41, 5.74) is 5.31. The maximum atomic E-state index is 13.6. The van der Waals surface area contributed by atoms with E-state index >= 15 is 0 Å². The lowest BCUT2D eigenvalue weighted by molar-refractivity contribution is 0.103. The molecule has 0 amide bonds. The number of benzene rings is 4. The molecule has 0 saturated carbocycles. The van der Waals surface area contributed by atoms with Gasteiger partial charge < -0.3 is 9.88 Å². The summed E-state index contributed by atoms with van der Waals surface area (Å²) < 4.78 is 4.00. The number of hydrogen-bond donors (Lipinski definition) is 1. The average Bonchev–Trinajstić information content (AvgIpc) is 3.34. The van der Waals surface area contributed by atoms with Gasteiger partial charge in [-0.25, -0.2) is 0 Å². The van der Waals surface area contributed by atoms with Gasteiger partial charge in [-0.05, 0) is 65.7 Å². The van der Waals surface area contributed by atoms with Crippen LogP contribution in [0.1, 0.15) is 33.2 Å². The lowest BCUT2D eigenvalue weighted by Gasteiger charge is -2.20. The number of anilines is 1. The molecule has 5 aromatic rings. The third-order valence-electron chi connectivity index (χ3n) is 5.84. The van der Waals surface area contributed by atoms with Gasteiger partial charge in [0.15, 0.2) is 0 Å². The number of halogens is 2. The minimum atomic E-state index is -0.142. The van der Waals surface area contributed by atoms with E-state index in [1.807, 2.05) is 108 Å². The minimum absolute atomic E-state index is 0.0183. The van der Waals surface area contributed by atoms with E-state index in [-0.39, 0.29) is 11.8 Å². The van der Waals surface area contributed by atoms with Crippen LogP contribution in [-0.2, 0) is 0 Å². The van der Waals surface area contributed by atoms with Gasteiger partial charge in [0.2, 0.25) is 5.78 Å². The molecule has 172 valence electrons. The van der Waals surface area contributed by atoms with Gasteiger partial charge in [-0.1, -0.05) is 92.5 Å². The lowest BCUT2D eigenvalue weighted by Crippen LogP contribution is -2.11. The van der Waals surface area contributed by atoms with E-state index in [0.29, 0.717) is 11.3 Å². The van der Waals surface area contributed by atoms with E-state index in [1.54, 1.807) is 0 Å². The Labute approximate surface area is 221 Å². The fraction of sp³-hybridized carbons (Fsp3) is 0.0333. The topological polar surface area (TPSA) is 34.0 Å². The summed E-state index contributed by atoms with van der Waals surface area (Å²) in [6.07, 6.45) is 2.06. The Morgan fingerprint density at radius 2 is 1.26 bits per heavy atom. The first-order valence-corrected chi connectivity index (χ1v) is 12.8. The first-order chi connectivity index (χ1) is 17.1. The van der Waals surface area contributed by atoms with Crippen molar-refractivity contribution in [1.29, 1.82) is 0 Å². The molecule has 0 aliphatic carbocycles. The number of nitrogens with one attached hydrogen (secondary N) is 1. The van der Waals surface area contributed by atoms with E-state index in [4.69, 9.17) is 0 Å². The van der Waals surface area contributed by atoms with Crippen LogP contribution >= 0.6 is 31.9 Å². The van der Waals surface area contributed by atoms with Gasteiger partial charge in [0.25, 0.3) is 0 Å². The molecule has 1 heterocycles. The number of carbonyl (C=O) groups excluding carboxylic acids is 1. The lowest BCUT2D eigenvalue weighted by atomic mass is 9.99. The number of nitrogens with zero attached hydrogens (tertiary/aromatic N) is 1. The summed E-state index contributed by atoms with van der Waals surface area (Å²) in [4.78, 5) is 13.6. The smallest absolute Gasteiger partial charge is 0.209 e. The molecular formula is C30H22Br2N2O. The van der Waals surface area contributed by atoms with Crippen molar-refractivity contribution in [3.63, 3.8) is 0 Å². The molecule has 0 aliphatic heterocycles. The number of aromatic nitrogens is 1. The van der Waals surface area contributed by atoms with E-state index < -0.39 is 0 Å². The molecule has 0 saturated heterocycles. The third kappa shape index (κ3) is 5.31. The second-order valence-corrected chi connectivity index (χ2v) is 10.0. The SMILES string of the molecule is O=C(c1ccccc1)c1cc([C@H](Nc2ccc(Br)cc2)c2ccccc2)cn1-c1ccc(Br)cc1. The molecule has 0 spiro atoms. The maximum Gasteiger partial charge on any atom is 0.209 e. The summed E-state index contributed by atoms with van der Waals surface area (Å²) in [5, 5.41) is 3.67. The molecule has 1 atom stereocenters. The number of carbonyl (C=O) groups is 1. The molecule has 0 bridgehead atoms. The largest absolute Gasteiger partial charge is 0.374 e. The zero-order valence-electron chi connectivity index (χ0n) is 18.7. The fourth-order valence-electron chi connectivity index (χ4n) is 4.09. The van der Waals surface area contributed by atoms with Crippen LogP contribution in [0.5, 0.6) is 0 Å². The Hall–Kier alpha value is -3.41. The van der Waals surface area contributed by atoms with Gasteiger partial charge in [0.05, 0.1) is 11.7 Å². The molecule has 5 rings (SSSR count). The normalized spacial score (nSPS) is 11.7. The predicted molar refractivity (Wildman–Crippen MR) is 149 cm³/mol. The first-order valence-electron chi connectivity index (χ1n) is 11.2. The highest BCUT2D eigenvalue weighted by molar-refractivity contribution is 9.10. The molecule has 4 aromatic carbocycles. The first kappa shape index (κ1) is 23.3. The molecule has 0 radical (unpaired) electrons. The predicted octanol–water partition coefficient (Wildman–Crippen LogP) is 8.43. The highest BCUT2D eigenvalue weighted by Gasteiger charge is 2.22. The summed E-state index contributed by atoms with van der Waals surface area (Å²) >= 11 is 7.03. The molecule has 35 heavy (non-hydrogen) atoms. The summed E-state index contributed by atoms with van der Waals surface area (Å²) in [6.45, 7) is 0. The van der Waals surface area contributed by atoms with Gasteiger partial charge in [-0.15, -0.1) is 0 Å². The van der Waals surface area contributed by atoms with Crippen molar-refractivity contribution in [3.8, 4) is 5.69 Å². The van der Waals surface area contributed by atoms with Crippen LogP contribution in [0.3, 0.4) is 0 Å². The zero-order chi connectivity index (χ0) is 24.2. The van der Waals surface area contributed by atoms with Crippen LogP contribution in [-0.4, -0.2) is 10.4 Å². The second-order valence-electron chi connectivity index (χ2n) is 8.20. The van der Waals surface area contributed by atoms with Gasteiger partial charge in [0.1, 0.15) is 0 Å². The van der Waals surface area contributed by atoms with Crippen molar-refractivity contribution in [3.05, 3.63) is 153 Å². The van der Waals surface area contributed by atoms with Crippen molar-refractivity contribution in [2.75, 3.05) is 5.32 Å². The minimum Gasteiger partial charge on any atom is -0.374 e. The van der Waals surface area contributed by atoms with E-state index in [0.717, 1.165) is 31.4 Å². The second kappa shape index (κ2) is 10.5. The Balaban J connectivity index is 1.64. The molecule has 0 aliphatic rings. The van der Waals surface area contributed by atoms with E-state index in [2.05, 4.69) is 55.5 Å². The highest BCUT2D eigenvalue weighted by atomic mass is 79.9. The van der Waals surface area contributed by atoms with Crippen LogP contribution in [0, 0.1) is 0 Å². The standard InChI is InChI=1S/C30H22Br2N2O/c31-24-11-15-26(16-12-24)33-29(21-7-3-1-4-8-21)23-19-28(30(35)22-9-5-2-6-10-22)34(20-23)27-17-13-25(32)14-18-27/h1-20,29,33H/t29-/m1/s1. The quantitative estimate of drug-likeness (QED) is 0.194. The number of ketones is 1. The van der Waals surface area contributed by atoms with Crippen molar-refractivity contribution < 1.29 is 4.79 Å². The molecule has 1 N–H and O–H groups in total. The van der Waals surface area contributed by atoms with Crippen molar-refractivity contribution in [2.45, 2.75) is 6.04 Å². The van der Waals surface area contributed by atoms with Crippen LogP contribution in [0.25, 0.3) is 5.69 Å². The molecular weight excluding hydrogens is 564 g/mol. The Kier molecular flexibility index (Phi) is 6.98.